The van der Waals surface area contributed by atoms with E-state index in [0.717, 1.165) is 22.8 Å². The number of nitrogens with zero attached hydrogens (tertiary/aromatic N) is 1. The lowest BCUT2D eigenvalue weighted by Gasteiger charge is -2.26. The molecule has 8 heteroatoms. The Morgan fingerprint density at radius 2 is 1.93 bits per heavy atom. The van der Waals surface area contributed by atoms with Crippen molar-refractivity contribution < 1.29 is 23.4 Å². The molecule has 2 heterocycles. The number of methoxy groups -OCH3 is 3. The number of carbonyl (C=O) groups excluding carboxylic acids is 1. The third-order valence-corrected chi connectivity index (χ3v) is 6.47. The van der Waals surface area contributed by atoms with Crippen molar-refractivity contribution in [2.24, 2.45) is 0 Å². The van der Waals surface area contributed by atoms with Gasteiger partial charge in [-0.05, 0) is 18.2 Å². The molecule has 2 aromatic rings. The van der Waals surface area contributed by atoms with Crippen LogP contribution in [-0.4, -0.2) is 50.2 Å². The monoisotopic (exact) mass is 409 g/mol. The third kappa shape index (κ3) is 4.50. The van der Waals surface area contributed by atoms with Crippen LogP contribution in [-0.2, 0) is 10.5 Å². The highest BCUT2D eigenvalue weighted by Crippen LogP contribution is 2.46. The molecule has 1 unspecified atom stereocenters. The fourth-order valence-corrected chi connectivity index (χ4v) is 5.00. The Balaban J connectivity index is 1.73. The molecule has 3 rings (SSSR count). The molecule has 1 aromatic carbocycles. The first kappa shape index (κ1) is 19.8. The van der Waals surface area contributed by atoms with E-state index in [0.29, 0.717) is 29.5 Å². The van der Waals surface area contributed by atoms with E-state index in [1.165, 1.54) is 0 Å². The first-order valence-corrected chi connectivity index (χ1v) is 10.7. The van der Waals surface area contributed by atoms with Crippen LogP contribution >= 0.6 is 23.5 Å². The zero-order valence-corrected chi connectivity index (χ0v) is 17.2. The van der Waals surface area contributed by atoms with E-state index >= 15 is 0 Å². The van der Waals surface area contributed by atoms with Gasteiger partial charge in [-0.3, -0.25) is 4.79 Å². The van der Waals surface area contributed by atoms with E-state index < -0.39 is 0 Å². The van der Waals surface area contributed by atoms with Crippen LogP contribution in [0.3, 0.4) is 0 Å². The zero-order chi connectivity index (χ0) is 19.2. The number of hydrogen-bond acceptors (Lipinski definition) is 7. The Morgan fingerprint density at radius 1 is 1.19 bits per heavy atom. The van der Waals surface area contributed by atoms with Gasteiger partial charge < -0.3 is 23.5 Å². The summed E-state index contributed by atoms with van der Waals surface area (Å²) in [7, 11) is 4.81. The molecule has 27 heavy (non-hydrogen) atoms. The molecule has 0 N–H and O–H groups in total. The number of hydrogen-bond donors (Lipinski definition) is 0. The lowest BCUT2D eigenvalue weighted by molar-refractivity contribution is -0.127. The highest BCUT2D eigenvalue weighted by atomic mass is 32.2. The van der Waals surface area contributed by atoms with E-state index in [2.05, 4.69) is 0 Å². The summed E-state index contributed by atoms with van der Waals surface area (Å²) in [5, 5.41) is -0.100. The lowest BCUT2D eigenvalue weighted by atomic mass is 10.1. The first-order chi connectivity index (χ1) is 13.2. The molecule has 0 bridgehead atoms. The second-order valence-electron chi connectivity index (χ2n) is 5.83. The van der Waals surface area contributed by atoms with Crippen molar-refractivity contribution in [2.75, 3.05) is 39.4 Å². The smallest absolute Gasteiger partial charge is 0.233 e. The highest BCUT2D eigenvalue weighted by Gasteiger charge is 2.35. The van der Waals surface area contributed by atoms with Crippen molar-refractivity contribution in [1.82, 2.24) is 4.90 Å². The molecule has 1 aliphatic heterocycles. The van der Waals surface area contributed by atoms with Crippen LogP contribution in [0.25, 0.3) is 0 Å². The van der Waals surface area contributed by atoms with Gasteiger partial charge in [0.25, 0.3) is 0 Å². The Hall–Kier alpha value is -1.93. The average molecular weight is 410 g/mol. The quantitative estimate of drug-likeness (QED) is 0.584. The summed E-state index contributed by atoms with van der Waals surface area (Å²) in [4.78, 5) is 14.3. The van der Waals surface area contributed by atoms with Gasteiger partial charge in [0.15, 0.2) is 11.5 Å². The number of rotatable bonds is 9. The summed E-state index contributed by atoms with van der Waals surface area (Å²) in [6, 6.07) is 7.55. The minimum Gasteiger partial charge on any atom is -0.496 e. The molecule has 6 nitrogen and oxygen atoms in total. The zero-order valence-electron chi connectivity index (χ0n) is 15.6. The van der Waals surface area contributed by atoms with Crippen LogP contribution in [0.1, 0.15) is 16.7 Å². The fraction of sp³-hybridized carbons (Fsp3) is 0.421. The Labute approximate surface area is 167 Å². The van der Waals surface area contributed by atoms with Crippen LogP contribution < -0.4 is 14.2 Å². The van der Waals surface area contributed by atoms with Crippen LogP contribution in [0.15, 0.2) is 34.9 Å². The summed E-state index contributed by atoms with van der Waals surface area (Å²) < 4.78 is 21.7. The minimum absolute atomic E-state index is 0.100. The maximum absolute atomic E-state index is 12.4. The highest BCUT2D eigenvalue weighted by molar-refractivity contribution is 8.00. The van der Waals surface area contributed by atoms with Gasteiger partial charge in [-0.15, -0.1) is 11.8 Å². The first-order valence-electron chi connectivity index (χ1n) is 8.49. The standard InChI is InChI=1S/C19H23NO5S2/c1-22-15-10-17(24-3)16(23-2)9-14(15)19-20(18(21)12-27-19)6-8-26-11-13-5-4-7-25-13/h4-5,7,9-10,19H,6,8,11-12H2,1-3H3. The van der Waals surface area contributed by atoms with Crippen molar-refractivity contribution in [2.45, 2.75) is 11.1 Å². The Morgan fingerprint density at radius 3 is 2.59 bits per heavy atom. The number of thioether (sulfide) groups is 2. The second-order valence-corrected chi connectivity index (χ2v) is 8.01. The lowest BCUT2D eigenvalue weighted by Crippen LogP contribution is -2.30. The van der Waals surface area contributed by atoms with Gasteiger partial charge in [0.1, 0.15) is 16.9 Å². The van der Waals surface area contributed by atoms with Crippen LogP contribution in [0.4, 0.5) is 0 Å². The molecule has 0 saturated carbocycles. The molecular formula is C19H23NO5S2. The maximum Gasteiger partial charge on any atom is 0.233 e. The predicted molar refractivity (Wildman–Crippen MR) is 108 cm³/mol. The molecule has 0 spiro atoms. The van der Waals surface area contributed by atoms with Gasteiger partial charge >= 0.3 is 0 Å². The molecule has 1 saturated heterocycles. The van der Waals surface area contributed by atoms with E-state index in [4.69, 9.17) is 18.6 Å². The summed E-state index contributed by atoms with van der Waals surface area (Å²) >= 11 is 3.35. The number of benzene rings is 1. The van der Waals surface area contributed by atoms with Gasteiger partial charge in [0.05, 0.1) is 39.1 Å². The number of carbonyl (C=O) groups is 1. The summed E-state index contributed by atoms with van der Waals surface area (Å²) in [5.41, 5.74) is 0.919. The number of furan rings is 1. The topological polar surface area (TPSA) is 61.1 Å². The Kier molecular flexibility index (Phi) is 6.84. The number of ether oxygens (including phenoxy) is 3. The number of amides is 1. The van der Waals surface area contributed by atoms with Gasteiger partial charge in [0, 0.05) is 23.9 Å². The summed E-state index contributed by atoms with van der Waals surface area (Å²) in [5.74, 6) is 5.10. The largest absolute Gasteiger partial charge is 0.496 e. The second kappa shape index (κ2) is 9.32. The molecule has 0 aliphatic carbocycles. The third-order valence-electron chi connectivity index (χ3n) is 4.27. The molecule has 1 fully saturated rings. The minimum atomic E-state index is -0.100. The summed E-state index contributed by atoms with van der Waals surface area (Å²) in [6.07, 6.45) is 1.68. The Bertz CT molecular complexity index is 766. The SMILES string of the molecule is COc1cc(OC)c(C2SCC(=O)N2CCSCc2ccco2)cc1OC. The molecule has 1 atom stereocenters. The molecular weight excluding hydrogens is 386 g/mol. The fourth-order valence-electron chi connectivity index (χ4n) is 2.93. The van der Waals surface area contributed by atoms with Gasteiger partial charge in [0.2, 0.25) is 5.91 Å². The summed E-state index contributed by atoms with van der Waals surface area (Å²) in [6.45, 7) is 0.666. The predicted octanol–water partition coefficient (Wildman–Crippen LogP) is 3.81. The van der Waals surface area contributed by atoms with Crippen LogP contribution in [0.2, 0.25) is 0 Å². The molecule has 1 amide bonds. The average Bonchev–Trinajstić information content (AvgIpc) is 3.34. The van der Waals surface area contributed by atoms with Crippen molar-refractivity contribution in [1.29, 1.82) is 0 Å². The molecule has 0 radical (unpaired) electrons. The molecule has 1 aliphatic rings. The van der Waals surface area contributed by atoms with E-state index in [9.17, 15) is 4.79 Å². The van der Waals surface area contributed by atoms with E-state index in [1.54, 1.807) is 57.2 Å². The van der Waals surface area contributed by atoms with Gasteiger partial charge in [-0.1, -0.05) is 0 Å². The van der Waals surface area contributed by atoms with Gasteiger partial charge in [-0.25, -0.2) is 0 Å². The normalized spacial score (nSPS) is 16.6. The van der Waals surface area contributed by atoms with Crippen molar-refractivity contribution in [3.05, 3.63) is 41.9 Å². The van der Waals surface area contributed by atoms with Crippen molar-refractivity contribution in [3.8, 4) is 17.2 Å². The van der Waals surface area contributed by atoms with Gasteiger partial charge in [-0.2, -0.15) is 11.8 Å². The molecule has 1 aromatic heterocycles. The van der Waals surface area contributed by atoms with Crippen LogP contribution in [0, 0.1) is 0 Å². The molecule has 146 valence electrons. The van der Waals surface area contributed by atoms with E-state index in [1.807, 2.05) is 23.1 Å². The van der Waals surface area contributed by atoms with Crippen molar-refractivity contribution in [3.63, 3.8) is 0 Å². The van der Waals surface area contributed by atoms with E-state index in [-0.39, 0.29) is 11.3 Å². The van der Waals surface area contributed by atoms with Crippen molar-refractivity contribution >= 4 is 29.4 Å². The van der Waals surface area contributed by atoms with Crippen LogP contribution in [0.5, 0.6) is 17.2 Å². The maximum atomic E-state index is 12.4.